The van der Waals surface area contributed by atoms with Gasteiger partial charge < -0.3 is 0 Å². The zero-order valence-corrected chi connectivity index (χ0v) is 20.6. The number of nitrogens with one attached hydrogen (secondary N) is 2. The second-order valence-corrected chi connectivity index (χ2v) is 8.70. The van der Waals surface area contributed by atoms with Gasteiger partial charge in [-0.25, -0.2) is 10.9 Å². The van der Waals surface area contributed by atoms with E-state index in [-0.39, 0.29) is 11.8 Å². The Bertz CT molecular complexity index is 1080. The normalized spacial score (nSPS) is 11.8. The lowest BCUT2D eigenvalue weighted by atomic mass is 10.1. The molecule has 0 unspecified atom stereocenters. The molecule has 0 atom stereocenters. The summed E-state index contributed by atoms with van der Waals surface area (Å²) in [7, 11) is 0. The highest BCUT2D eigenvalue weighted by Crippen LogP contribution is 2.12. The predicted molar refractivity (Wildman–Crippen MR) is 134 cm³/mol. The molecule has 0 spiro atoms. The lowest BCUT2D eigenvalue weighted by molar-refractivity contribution is 0.0943. The van der Waals surface area contributed by atoms with Gasteiger partial charge in [-0.3, -0.25) is 9.59 Å². The molecule has 6 nitrogen and oxygen atoms in total. The van der Waals surface area contributed by atoms with Crippen LogP contribution in [0.5, 0.6) is 0 Å². The molecule has 0 radical (unpaired) electrons. The van der Waals surface area contributed by atoms with E-state index in [1.54, 1.807) is 24.3 Å². The lowest BCUT2D eigenvalue weighted by Gasteiger charge is -2.05. The number of amides is 2. The van der Waals surface area contributed by atoms with Crippen molar-refractivity contribution >= 4 is 55.1 Å². The highest BCUT2D eigenvalue weighted by Gasteiger charge is 2.09. The van der Waals surface area contributed by atoms with Gasteiger partial charge in [-0.1, -0.05) is 56.1 Å². The molecule has 0 bridgehead atoms. The van der Waals surface area contributed by atoms with Gasteiger partial charge in [0, 0.05) is 20.1 Å². The summed E-state index contributed by atoms with van der Waals surface area (Å²) in [6, 6.07) is 21.5. The molecule has 0 fully saturated rings. The molecule has 32 heavy (non-hydrogen) atoms. The van der Waals surface area contributed by atoms with E-state index in [1.165, 1.54) is 0 Å². The molecule has 2 N–H and O–H groups in total. The molecule has 162 valence electrons. The van der Waals surface area contributed by atoms with E-state index in [0.717, 1.165) is 20.1 Å². The molecule has 0 aliphatic rings. The monoisotopic (exact) mass is 554 g/mol. The second kappa shape index (κ2) is 11.0. The van der Waals surface area contributed by atoms with Gasteiger partial charge in [-0.2, -0.15) is 10.2 Å². The summed E-state index contributed by atoms with van der Waals surface area (Å²) in [6.07, 6.45) is 0. The van der Waals surface area contributed by atoms with E-state index in [9.17, 15) is 9.59 Å². The number of hydrogen-bond donors (Lipinski definition) is 2. The molecule has 0 heterocycles. The van der Waals surface area contributed by atoms with Crippen molar-refractivity contribution in [3.05, 3.63) is 104 Å². The number of benzene rings is 3. The summed E-state index contributed by atoms with van der Waals surface area (Å²) in [5, 5.41) is 8.29. The van der Waals surface area contributed by atoms with Crippen LogP contribution >= 0.6 is 31.9 Å². The maximum absolute atomic E-state index is 12.4. The third-order valence-corrected chi connectivity index (χ3v) is 5.64. The van der Waals surface area contributed by atoms with E-state index in [2.05, 4.69) is 52.9 Å². The molecule has 3 rings (SSSR count). The van der Waals surface area contributed by atoms with E-state index >= 15 is 0 Å². The highest BCUT2D eigenvalue weighted by atomic mass is 79.9. The number of halogens is 2. The standard InChI is InChI=1S/C24H20Br2N4O2/c1-15(17-7-11-21(25)12-8-17)27-29-23(31)19-3-5-20(6-4-19)24(32)30-28-16(2)18-9-13-22(26)14-10-18/h3-14H,1-2H3,(H,29,31)(H,30,32)/b27-15-,28-16-. The first-order valence-corrected chi connectivity index (χ1v) is 11.2. The van der Waals surface area contributed by atoms with Gasteiger partial charge in [0.2, 0.25) is 0 Å². The van der Waals surface area contributed by atoms with E-state index in [4.69, 9.17) is 0 Å². The molecular formula is C24H20Br2N4O2. The molecular weight excluding hydrogens is 536 g/mol. The Morgan fingerprint density at radius 2 is 0.844 bits per heavy atom. The molecule has 8 heteroatoms. The van der Waals surface area contributed by atoms with Crippen LogP contribution in [0.1, 0.15) is 45.7 Å². The summed E-state index contributed by atoms with van der Waals surface area (Å²) < 4.78 is 1.94. The number of rotatable bonds is 6. The van der Waals surface area contributed by atoms with Crippen LogP contribution < -0.4 is 10.9 Å². The summed E-state index contributed by atoms with van der Waals surface area (Å²) in [5.41, 5.74) is 9.02. The lowest BCUT2D eigenvalue weighted by Crippen LogP contribution is -2.21. The van der Waals surface area contributed by atoms with Crippen molar-refractivity contribution in [1.82, 2.24) is 10.9 Å². The molecule has 3 aromatic carbocycles. The molecule has 0 saturated heterocycles. The van der Waals surface area contributed by atoms with Crippen LogP contribution in [0, 0.1) is 0 Å². The molecule has 0 aliphatic carbocycles. The average molecular weight is 556 g/mol. The van der Waals surface area contributed by atoms with Crippen molar-refractivity contribution < 1.29 is 9.59 Å². The van der Waals surface area contributed by atoms with E-state index in [1.807, 2.05) is 62.4 Å². The minimum Gasteiger partial charge on any atom is -0.267 e. The first kappa shape index (κ1) is 23.6. The Hall–Kier alpha value is -3.10. The van der Waals surface area contributed by atoms with Gasteiger partial charge in [-0.15, -0.1) is 0 Å². The summed E-state index contributed by atoms with van der Waals surface area (Å²) in [5.74, 6) is -0.727. The maximum atomic E-state index is 12.4. The third-order valence-electron chi connectivity index (χ3n) is 4.58. The van der Waals surface area contributed by atoms with E-state index in [0.29, 0.717) is 22.6 Å². The van der Waals surface area contributed by atoms with Gasteiger partial charge in [0.05, 0.1) is 11.4 Å². The molecule has 0 aromatic heterocycles. The fraction of sp³-hybridized carbons (Fsp3) is 0.0833. The first-order chi connectivity index (χ1) is 15.3. The van der Waals surface area contributed by atoms with Crippen molar-refractivity contribution in [1.29, 1.82) is 0 Å². The quantitative estimate of drug-likeness (QED) is 0.310. The molecule has 2 amide bonds. The van der Waals surface area contributed by atoms with Gasteiger partial charge in [0.15, 0.2) is 0 Å². The Morgan fingerprint density at radius 3 is 1.16 bits per heavy atom. The minimum atomic E-state index is -0.363. The van der Waals surface area contributed by atoms with Crippen molar-refractivity contribution in [3.63, 3.8) is 0 Å². The summed E-state index contributed by atoms with van der Waals surface area (Å²) in [6.45, 7) is 3.63. The fourth-order valence-corrected chi connectivity index (χ4v) is 3.21. The second-order valence-electron chi connectivity index (χ2n) is 6.87. The van der Waals surface area contributed by atoms with Crippen LogP contribution in [0.3, 0.4) is 0 Å². The number of nitrogens with zero attached hydrogens (tertiary/aromatic N) is 2. The van der Waals surface area contributed by atoms with Crippen molar-refractivity contribution in [2.75, 3.05) is 0 Å². The maximum Gasteiger partial charge on any atom is 0.271 e. The van der Waals surface area contributed by atoms with Gasteiger partial charge >= 0.3 is 0 Å². The Kier molecular flexibility index (Phi) is 8.08. The third kappa shape index (κ3) is 6.45. The van der Waals surface area contributed by atoms with Gasteiger partial charge in [0.1, 0.15) is 0 Å². The Morgan fingerprint density at radius 1 is 0.562 bits per heavy atom. The molecule has 0 aliphatic heterocycles. The number of hydrogen-bond acceptors (Lipinski definition) is 4. The zero-order valence-electron chi connectivity index (χ0n) is 17.4. The number of hydrazone groups is 2. The van der Waals surface area contributed by atoms with Crippen LogP contribution in [0.4, 0.5) is 0 Å². The minimum absolute atomic E-state index is 0.363. The number of carbonyl (C=O) groups excluding carboxylic acids is 2. The average Bonchev–Trinajstić information content (AvgIpc) is 2.81. The van der Waals surface area contributed by atoms with Crippen LogP contribution in [0.2, 0.25) is 0 Å². The molecule has 0 saturated carbocycles. The highest BCUT2D eigenvalue weighted by molar-refractivity contribution is 9.10. The topological polar surface area (TPSA) is 82.9 Å². The van der Waals surface area contributed by atoms with Crippen LogP contribution in [-0.4, -0.2) is 23.2 Å². The largest absolute Gasteiger partial charge is 0.271 e. The Balaban J connectivity index is 1.59. The molecule has 3 aromatic rings. The van der Waals surface area contributed by atoms with Crippen molar-refractivity contribution in [2.24, 2.45) is 10.2 Å². The van der Waals surface area contributed by atoms with Crippen molar-refractivity contribution in [2.45, 2.75) is 13.8 Å². The van der Waals surface area contributed by atoms with Crippen LogP contribution in [0.15, 0.2) is 91.9 Å². The summed E-state index contributed by atoms with van der Waals surface area (Å²) in [4.78, 5) is 24.7. The van der Waals surface area contributed by atoms with Gasteiger partial charge in [-0.05, 0) is 73.5 Å². The van der Waals surface area contributed by atoms with Crippen LogP contribution in [-0.2, 0) is 0 Å². The smallest absolute Gasteiger partial charge is 0.267 e. The van der Waals surface area contributed by atoms with Crippen molar-refractivity contribution in [3.8, 4) is 0 Å². The first-order valence-electron chi connectivity index (χ1n) is 9.64. The van der Waals surface area contributed by atoms with Crippen LogP contribution in [0.25, 0.3) is 0 Å². The van der Waals surface area contributed by atoms with Gasteiger partial charge in [0.25, 0.3) is 11.8 Å². The summed E-state index contributed by atoms with van der Waals surface area (Å²) >= 11 is 6.77. The predicted octanol–water partition coefficient (Wildman–Crippen LogP) is 5.52. The van der Waals surface area contributed by atoms with E-state index < -0.39 is 0 Å². The zero-order chi connectivity index (χ0) is 23.1. The SMILES string of the molecule is C/C(=N/NC(=O)c1ccc(C(=O)N/N=C(/C)c2ccc(Br)cc2)cc1)c1ccc(Br)cc1. The fourth-order valence-electron chi connectivity index (χ4n) is 2.68. The number of carbonyl (C=O) groups is 2. The Labute approximate surface area is 203 Å².